The lowest BCUT2D eigenvalue weighted by molar-refractivity contribution is 0.0693. The van der Waals surface area contributed by atoms with Crippen LogP contribution in [0, 0.1) is 0 Å². The van der Waals surface area contributed by atoms with Gasteiger partial charge in [-0.15, -0.1) is 0 Å². The molecule has 3 aromatic rings. The smallest absolute Gasteiger partial charge is 0.339 e. The monoisotopic (exact) mass is 486 g/mol. The Kier molecular flexibility index (Phi) is 7.09. The molecule has 0 aliphatic carbocycles. The summed E-state index contributed by atoms with van der Waals surface area (Å²) in [6.07, 6.45) is 0. The number of phenols is 1. The summed E-state index contributed by atoms with van der Waals surface area (Å²) in [7, 11) is -3.01. The van der Waals surface area contributed by atoms with Gasteiger partial charge in [-0.2, -0.15) is 18.6 Å². The van der Waals surface area contributed by atoms with Gasteiger partial charge < -0.3 is 25.6 Å². The molecule has 12 nitrogen and oxygen atoms in total. The van der Waals surface area contributed by atoms with E-state index in [9.17, 15) is 23.1 Å². The Bertz CT molecular complexity index is 1390. The fourth-order valence-electron chi connectivity index (χ4n) is 2.74. The van der Waals surface area contributed by atoms with Gasteiger partial charge in [-0.25, -0.2) is 9.59 Å². The molecule has 0 heterocycles. The van der Waals surface area contributed by atoms with E-state index in [4.69, 9.17) is 14.4 Å². The number of aromatic carboxylic acids is 1. The summed E-state index contributed by atoms with van der Waals surface area (Å²) in [5.74, 6) is -1.55. The molecule has 0 bridgehead atoms. The van der Waals surface area contributed by atoms with Crippen molar-refractivity contribution >= 4 is 44.9 Å². The number of benzene rings is 3. The first-order valence-corrected chi connectivity index (χ1v) is 10.8. The molecule has 0 aliphatic rings. The zero-order valence-electron chi connectivity index (χ0n) is 17.5. The summed E-state index contributed by atoms with van der Waals surface area (Å²) < 4.78 is 36.8. The molecule has 0 unspecified atom stereocenters. The van der Waals surface area contributed by atoms with Gasteiger partial charge in [-0.3, -0.25) is 4.55 Å². The van der Waals surface area contributed by atoms with Crippen LogP contribution in [-0.2, 0) is 10.1 Å². The van der Waals surface area contributed by atoms with Crippen molar-refractivity contribution in [3.8, 4) is 11.5 Å². The Morgan fingerprint density at radius 1 is 0.941 bits per heavy atom. The van der Waals surface area contributed by atoms with Crippen LogP contribution in [0.25, 0.3) is 0 Å². The van der Waals surface area contributed by atoms with Crippen LogP contribution in [0.15, 0.2) is 75.8 Å². The van der Waals surface area contributed by atoms with Crippen molar-refractivity contribution in [2.24, 2.45) is 10.2 Å². The quantitative estimate of drug-likeness (QED) is 0.184. The number of nitrogens with one attached hydrogen (secondary N) is 2. The van der Waals surface area contributed by atoms with Crippen LogP contribution >= 0.6 is 0 Å². The first-order valence-electron chi connectivity index (χ1n) is 9.38. The molecule has 0 aromatic heterocycles. The number of amides is 2. The van der Waals surface area contributed by atoms with Gasteiger partial charge in [0.2, 0.25) is 0 Å². The average molecular weight is 486 g/mol. The highest BCUT2D eigenvalue weighted by atomic mass is 32.2. The van der Waals surface area contributed by atoms with Crippen LogP contribution in [0.5, 0.6) is 11.5 Å². The van der Waals surface area contributed by atoms with Gasteiger partial charge in [0.15, 0.2) is 0 Å². The third-order valence-corrected chi connectivity index (χ3v) is 5.16. The van der Waals surface area contributed by atoms with Crippen LogP contribution < -0.4 is 15.4 Å². The Balaban J connectivity index is 1.74. The minimum Gasteiger partial charge on any atom is -0.507 e. The summed E-state index contributed by atoms with van der Waals surface area (Å²) >= 11 is 0. The first-order chi connectivity index (χ1) is 16.1. The molecule has 3 rings (SSSR count). The molecule has 176 valence electrons. The van der Waals surface area contributed by atoms with Gasteiger partial charge in [0.25, 0.3) is 10.1 Å². The van der Waals surface area contributed by atoms with Crippen molar-refractivity contribution in [3.63, 3.8) is 0 Å². The van der Waals surface area contributed by atoms with E-state index in [-0.39, 0.29) is 33.3 Å². The highest BCUT2D eigenvalue weighted by Crippen LogP contribution is 2.31. The lowest BCUT2D eigenvalue weighted by Crippen LogP contribution is -2.20. The predicted octanol–water partition coefficient (Wildman–Crippen LogP) is 4.41. The minimum atomic E-state index is -4.38. The van der Waals surface area contributed by atoms with Crippen molar-refractivity contribution in [3.05, 3.63) is 66.2 Å². The minimum absolute atomic E-state index is 0.143. The number of azo groups is 1. The third kappa shape index (κ3) is 6.05. The summed E-state index contributed by atoms with van der Waals surface area (Å²) in [5.41, 5.74) is 0.552. The maximum atomic E-state index is 12.3. The molecular weight excluding hydrogens is 468 g/mol. The second-order valence-electron chi connectivity index (χ2n) is 6.67. The normalized spacial score (nSPS) is 11.2. The molecule has 2 amide bonds. The lowest BCUT2D eigenvalue weighted by atomic mass is 10.2. The van der Waals surface area contributed by atoms with E-state index in [0.717, 1.165) is 18.2 Å². The van der Waals surface area contributed by atoms with Gasteiger partial charge in [-0.1, -0.05) is 6.07 Å². The molecule has 0 radical (unpaired) electrons. The molecule has 34 heavy (non-hydrogen) atoms. The standard InChI is InChI=1S/C21H18N4O8S/c1-33-19-11-14(25-24-13-3-2-4-15(9-13)34(30,31)32)5-7-17(19)23-21(29)22-12-6-8-18(26)16(10-12)20(27)28/h2-11,26H,1H3,(H,27,28)(H2,22,23,29)(H,30,31,32)/b25-24+. The second kappa shape index (κ2) is 9.97. The van der Waals surface area contributed by atoms with Crippen molar-refractivity contribution in [1.29, 1.82) is 0 Å². The van der Waals surface area contributed by atoms with Crippen LogP contribution in [0.3, 0.4) is 0 Å². The zero-order valence-corrected chi connectivity index (χ0v) is 18.3. The van der Waals surface area contributed by atoms with Gasteiger partial charge >= 0.3 is 12.0 Å². The fourth-order valence-corrected chi connectivity index (χ4v) is 3.26. The van der Waals surface area contributed by atoms with Crippen molar-refractivity contribution in [2.45, 2.75) is 4.90 Å². The number of urea groups is 1. The lowest BCUT2D eigenvalue weighted by Gasteiger charge is -2.12. The number of methoxy groups -OCH3 is 1. The van der Waals surface area contributed by atoms with Gasteiger partial charge in [-0.05, 0) is 48.5 Å². The van der Waals surface area contributed by atoms with E-state index in [1.165, 1.54) is 49.6 Å². The molecule has 0 atom stereocenters. The summed E-state index contributed by atoms with van der Waals surface area (Å²) in [6, 6.07) is 12.6. The molecule has 0 saturated carbocycles. The van der Waals surface area contributed by atoms with Gasteiger partial charge in [0.05, 0.1) is 29.1 Å². The predicted molar refractivity (Wildman–Crippen MR) is 121 cm³/mol. The number of hydrogen-bond donors (Lipinski definition) is 5. The summed E-state index contributed by atoms with van der Waals surface area (Å²) in [4.78, 5) is 23.1. The average Bonchev–Trinajstić information content (AvgIpc) is 2.79. The third-order valence-electron chi connectivity index (χ3n) is 4.31. The number of carboxylic acid groups (broad SMARTS) is 1. The molecule has 0 saturated heterocycles. The van der Waals surface area contributed by atoms with E-state index in [1.807, 2.05) is 0 Å². The maximum Gasteiger partial charge on any atom is 0.339 e. The van der Waals surface area contributed by atoms with Crippen molar-refractivity contribution in [1.82, 2.24) is 0 Å². The number of hydrogen-bond acceptors (Lipinski definition) is 8. The molecule has 13 heteroatoms. The Labute approximate surface area is 193 Å². The van der Waals surface area contributed by atoms with Crippen molar-refractivity contribution < 1.29 is 37.5 Å². The number of aromatic hydroxyl groups is 1. The molecular formula is C21H18N4O8S. The Morgan fingerprint density at radius 3 is 2.29 bits per heavy atom. The maximum absolute atomic E-state index is 12.3. The number of carboxylic acids is 1. The number of rotatable bonds is 7. The number of ether oxygens (including phenoxy) is 1. The zero-order chi connectivity index (χ0) is 24.9. The molecule has 0 fully saturated rings. The molecule has 5 N–H and O–H groups in total. The topological polar surface area (TPSA) is 187 Å². The van der Waals surface area contributed by atoms with E-state index >= 15 is 0 Å². The van der Waals surface area contributed by atoms with Gasteiger partial charge in [0, 0.05) is 11.8 Å². The van der Waals surface area contributed by atoms with Crippen molar-refractivity contribution in [2.75, 3.05) is 17.7 Å². The second-order valence-corrected chi connectivity index (χ2v) is 8.09. The number of carbonyl (C=O) groups is 2. The summed E-state index contributed by atoms with van der Waals surface area (Å²) in [5, 5.41) is 31.5. The van der Waals surface area contributed by atoms with Crippen LogP contribution in [0.4, 0.5) is 27.5 Å². The van der Waals surface area contributed by atoms with Crippen LogP contribution in [0.2, 0.25) is 0 Å². The van der Waals surface area contributed by atoms with Crippen LogP contribution in [-0.4, -0.2) is 42.3 Å². The number of carbonyl (C=O) groups excluding carboxylic acids is 1. The number of anilines is 2. The molecule has 0 aliphatic heterocycles. The Morgan fingerprint density at radius 2 is 1.65 bits per heavy atom. The molecule has 0 spiro atoms. The van der Waals surface area contributed by atoms with E-state index in [2.05, 4.69) is 20.9 Å². The highest BCUT2D eigenvalue weighted by Gasteiger charge is 2.13. The Hall–Kier alpha value is -4.49. The SMILES string of the molecule is COc1cc(/N=N/c2cccc(S(=O)(=O)O)c2)ccc1NC(=O)Nc1ccc(O)c(C(=O)O)c1. The fraction of sp³-hybridized carbons (Fsp3) is 0.0476. The summed E-state index contributed by atoms with van der Waals surface area (Å²) in [6.45, 7) is 0. The van der Waals surface area contributed by atoms with E-state index < -0.39 is 27.9 Å². The van der Waals surface area contributed by atoms with E-state index in [0.29, 0.717) is 5.69 Å². The van der Waals surface area contributed by atoms with Crippen LogP contribution in [0.1, 0.15) is 10.4 Å². The highest BCUT2D eigenvalue weighted by molar-refractivity contribution is 7.85. The largest absolute Gasteiger partial charge is 0.507 e. The van der Waals surface area contributed by atoms with Gasteiger partial charge in [0.1, 0.15) is 17.1 Å². The number of nitrogens with zero attached hydrogens (tertiary/aromatic N) is 2. The first kappa shape index (κ1) is 24.2. The van der Waals surface area contributed by atoms with E-state index in [1.54, 1.807) is 0 Å². The molecule has 3 aromatic carbocycles.